The van der Waals surface area contributed by atoms with Crippen LogP contribution in [-0.4, -0.2) is 16.2 Å². The lowest BCUT2D eigenvalue weighted by Crippen LogP contribution is -2.02. The summed E-state index contributed by atoms with van der Waals surface area (Å²) in [6.07, 6.45) is 4.62. The molecule has 2 aliphatic rings. The van der Waals surface area contributed by atoms with Crippen molar-refractivity contribution >= 4 is 6.01 Å². The van der Waals surface area contributed by atoms with Gasteiger partial charge in [-0.15, -0.1) is 0 Å². The largest absolute Gasteiger partial charge is 0.335 e. The number of nitrogens with zero attached hydrogens (tertiary/aromatic N) is 2. The number of rotatable bonds is 3. The number of benzene rings is 1. The molecule has 2 aliphatic carbocycles. The van der Waals surface area contributed by atoms with E-state index in [4.69, 9.17) is 4.52 Å². The Hall–Kier alpha value is -1.84. The average Bonchev–Trinajstić information content (AvgIpc) is 2.91. The molecule has 1 unspecified atom stereocenters. The van der Waals surface area contributed by atoms with Gasteiger partial charge in [0.1, 0.15) is 0 Å². The molecule has 0 aliphatic heterocycles. The van der Waals surface area contributed by atoms with Crippen LogP contribution in [0.25, 0.3) is 0 Å². The van der Waals surface area contributed by atoms with Gasteiger partial charge in [0.05, 0.1) is 0 Å². The van der Waals surface area contributed by atoms with Crippen molar-refractivity contribution in [1.29, 1.82) is 0 Å². The number of nitrogens with one attached hydrogen (secondary N) is 1. The summed E-state index contributed by atoms with van der Waals surface area (Å²) >= 11 is 0. The van der Waals surface area contributed by atoms with Gasteiger partial charge in [-0.2, -0.15) is 4.98 Å². The summed E-state index contributed by atoms with van der Waals surface area (Å²) in [5.74, 6) is 1.13. The van der Waals surface area contributed by atoms with Crippen LogP contribution in [0.4, 0.5) is 6.01 Å². The Morgan fingerprint density at radius 3 is 2.94 bits per heavy atom. The van der Waals surface area contributed by atoms with Crippen molar-refractivity contribution in [2.24, 2.45) is 0 Å². The molecule has 4 heteroatoms. The molecule has 4 rings (SSSR count). The first kappa shape index (κ1) is 10.1. The van der Waals surface area contributed by atoms with Gasteiger partial charge >= 0.3 is 6.01 Å². The summed E-state index contributed by atoms with van der Waals surface area (Å²) in [6.45, 7) is 0. The quantitative estimate of drug-likeness (QED) is 0.897. The number of aryl methyl sites for hydroxylation is 1. The SMILES string of the molecule is c1ccc2c(c1)CCC2c1noc(NC2CC2)n1. The molecule has 4 nitrogen and oxygen atoms in total. The van der Waals surface area contributed by atoms with E-state index in [1.165, 1.54) is 24.0 Å². The van der Waals surface area contributed by atoms with Crippen LogP contribution in [0.2, 0.25) is 0 Å². The molecule has 0 radical (unpaired) electrons. The minimum Gasteiger partial charge on any atom is -0.335 e. The maximum atomic E-state index is 5.27. The minimum atomic E-state index is 0.305. The van der Waals surface area contributed by atoms with Crippen LogP contribution < -0.4 is 5.32 Å². The Labute approximate surface area is 105 Å². The van der Waals surface area contributed by atoms with Crippen molar-refractivity contribution in [1.82, 2.24) is 10.1 Å². The molecular formula is C14H15N3O. The molecule has 0 amide bonds. The predicted octanol–water partition coefficient (Wildman–Crippen LogP) is 2.72. The zero-order chi connectivity index (χ0) is 11.9. The molecule has 0 bridgehead atoms. The van der Waals surface area contributed by atoms with Gasteiger partial charge in [0.15, 0.2) is 5.82 Å². The lowest BCUT2D eigenvalue weighted by molar-refractivity contribution is 0.418. The summed E-state index contributed by atoms with van der Waals surface area (Å²) in [6, 6.07) is 9.68. The van der Waals surface area contributed by atoms with Crippen molar-refractivity contribution in [3.8, 4) is 0 Å². The molecule has 2 aromatic rings. The first-order valence-electron chi connectivity index (χ1n) is 6.58. The molecule has 0 spiro atoms. The fourth-order valence-corrected chi connectivity index (χ4v) is 2.66. The highest BCUT2D eigenvalue weighted by molar-refractivity contribution is 5.39. The molecule has 1 N–H and O–H groups in total. The highest BCUT2D eigenvalue weighted by Crippen LogP contribution is 2.37. The van der Waals surface area contributed by atoms with E-state index in [2.05, 4.69) is 39.7 Å². The third-order valence-corrected chi connectivity index (χ3v) is 3.79. The van der Waals surface area contributed by atoms with Crippen molar-refractivity contribution in [3.05, 3.63) is 41.2 Å². The van der Waals surface area contributed by atoms with Gasteiger partial charge in [0.2, 0.25) is 0 Å². The van der Waals surface area contributed by atoms with E-state index in [0.717, 1.165) is 18.7 Å². The third-order valence-electron chi connectivity index (χ3n) is 3.79. The summed E-state index contributed by atoms with van der Waals surface area (Å²) < 4.78 is 5.27. The molecule has 18 heavy (non-hydrogen) atoms. The average molecular weight is 241 g/mol. The highest BCUT2D eigenvalue weighted by Gasteiger charge is 2.29. The molecule has 0 saturated heterocycles. The summed E-state index contributed by atoms with van der Waals surface area (Å²) in [7, 11) is 0. The van der Waals surface area contributed by atoms with Gasteiger partial charge in [-0.3, -0.25) is 0 Å². The maximum absolute atomic E-state index is 5.27. The van der Waals surface area contributed by atoms with Gasteiger partial charge in [-0.25, -0.2) is 0 Å². The van der Waals surface area contributed by atoms with Gasteiger partial charge in [0, 0.05) is 12.0 Å². The van der Waals surface area contributed by atoms with Crippen molar-refractivity contribution in [3.63, 3.8) is 0 Å². The monoisotopic (exact) mass is 241 g/mol. The van der Waals surface area contributed by atoms with Crippen LogP contribution in [0.3, 0.4) is 0 Å². The second-order valence-corrected chi connectivity index (χ2v) is 5.17. The van der Waals surface area contributed by atoms with E-state index in [9.17, 15) is 0 Å². The van der Waals surface area contributed by atoms with E-state index in [-0.39, 0.29) is 0 Å². The number of fused-ring (bicyclic) bond motifs is 1. The van der Waals surface area contributed by atoms with Gasteiger partial charge in [-0.1, -0.05) is 29.4 Å². The predicted molar refractivity (Wildman–Crippen MR) is 67.5 cm³/mol. The van der Waals surface area contributed by atoms with Crippen LogP contribution in [0.5, 0.6) is 0 Å². The Morgan fingerprint density at radius 1 is 1.17 bits per heavy atom. The van der Waals surface area contributed by atoms with E-state index in [1.54, 1.807) is 0 Å². The zero-order valence-electron chi connectivity index (χ0n) is 10.1. The first-order valence-corrected chi connectivity index (χ1v) is 6.58. The van der Waals surface area contributed by atoms with Gasteiger partial charge < -0.3 is 9.84 Å². The molecule has 1 fully saturated rings. The highest BCUT2D eigenvalue weighted by atomic mass is 16.5. The van der Waals surface area contributed by atoms with E-state index < -0.39 is 0 Å². The standard InChI is InChI=1S/C14H15N3O/c1-2-4-11-9(3-1)5-8-12(11)13-16-14(18-17-13)15-10-6-7-10/h1-4,10,12H,5-8H2,(H,15,16,17). The lowest BCUT2D eigenvalue weighted by Gasteiger charge is -2.05. The number of anilines is 1. The normalized spacial score (nSPS) is 21.9. The Morgan fingerprint density at radius 2 is 2.06 bits per heavy atom. The lowest BCUT2D eigenvalue weighted by atomic mass is 10.0. The summed E-state index contributed by atoms with van der Waals surface area (Å²) in [5.41, 5.74) is 2.78. The Kier molecular flexibility index (Phi) is 2.15. The zero-order valence-corrected chi connectivity index (χ0v) is 10.1. The molecule has 92 valence electrons. The van der Waals surface area contributed by atoms with Crippen molar-refractivity contribution in [2.45, 2.75) is 37.6 Å². The van der Waals surface area contributed by atoms with Crippen LogP contribution in [0, 0.1) is 0 Å². The Balaban J connectivity index is 1.61. The van der Waals surface area contributed by atoms with Crippen LogP contribution in [-0.2, 0) is 6.42 Å². The number of aromatic nitrogens is 2. The Bertz CT molecular complexity index is 574. The molecule has 1 aromatic carbocycles. The summed E-state index contributed by atoms with van der Waals surface area (Å²) in [5, 5.41) is 7.37. The van der Waals surface area contributed by atoms with Gasteiger partial charge in [-0.05, 0) is 36.8 Å². The van der Waals surface area contributed by atoms with Crippen molar-refractivity contribution < 1.29 is 4.52 Å². The molecule has 1 saturated carbocycles. The molecule has 1 atom stereocenters. The second kappa shape index (κ2) is 3.83. The fourth-order valence-electron chi connectivity index (χ4n) is 2.66. The van der Waals surface area contributed by atoms with Gasteiger partial charge in [0.25, 0.3) is 0 Å². The smallest absolute Gasteiger partial charge is 0.321 e. The molecular weight excluding hydrogens is 226 g/mol. The first-order chi connectivity index (χ1) is 8.90. The van der Waals surface area contributed by atoms with Crippen LogP contribution in [0.1, 0.15) is 42.1 Å². The van der Waals surface area contributed by atoms with E-state index in [1.807, 2.05) is 0 Å². The minimum absolute atomic E-state index is 0.305. The van der Waals surface area contributed by atoms with Crippen molar-refractivity contribution in [2.75, 3.05) is 5.32 Å². The molecule has 1 aromatic heterocycles. The third kappa shape index (κ3) is 1.68. The maximum Gasteiger partial charge on any atom is 0.321 e. The topological polar surface area (TPSA) is 51.0 Å². The van der Waals surface area contributed by atoms with E-state index >= 15 is 0 Å². The fraction of sp³-hybridized carbons (Fsp3) is 0.429. The van der Waals surface area contributed by atoms with E-state index in [0.29, 0.717) is 18.0 Å². The summed E-state index contributed by atoms with van der Waals surface area (Å²) in [4.78, 5) is 4.48. The molecule has 1 heterocycles. The number of hydrogen-bond acceptors (Lipinski definition) is 4. The van der Waals surface area contributed by atoms with Crippen LogP contribution >= 0.6 is 0 Å². The van der Waals surface area contributed by atoms with Crippen LogP contribution in [0.15, 0.2) is 28.8 Å². The second-order valence-electron chi connectivity index (χ2n) is 5.17. The number of hydrogen-bond donors (Lipinski definition) is 1.